The van der Waals surface area contributed by atoms with E-state index in [9.17, 15) is 0 Å². The Labute approximate surface area is 54.4 Å². The molecule has 0 aromatic rings. The van der Waals surface area contributed by atoms with E-state index in [1.165, 1.54) is 0 Å². The minimum absolute atomic E-state index is 0.461. The monoisotopic (exact) mass is 109 g/mol. The third kappa shape index (κ3) is 0.890. The molecule has 0 nitrogen and oxygen atoms in total. The van der Waals surface area contributed by atoms with E-state index in [0.29, 0.717) is 5.57 Å². The van der Waals surface area contributed by atoms with Gasteiger partial charge in [0, 0.05) is 4.11 Å². The Balaban J connectivity index is 2.97. The molecule has 0 aliphatic heterocycles. The van der Waals surface area contributed by atoms with Gasteiger partial charge in [-0.25, -0.2) is 0 Å². The summed E-state index contributed by atoms with van der Waals surface area (Å²) in [5.74, 6) is 0. The van der Waals surface area contributed by atoms with Crippen LogP contribution in [0.3, 0.4) is 0 Å². The SMILES string of the molecule is [2H]C([2H])([2H])C(C)=C1C=CC=C1. The van der Waals surface area contributed by atoms with Crippen LogP contribution in [0.5, 0.6) is 0 Å². The van der Waals surface area contributed by atoms with E-state index in [1.54, 1.807) is 6.92 Å². The summed E-state index contributed by atoms with van der Waals surface area (Å²) in [6.45, 7) is -0.309. The summed E-state index contributed by atoms with van der Waals surface area (Å²) in [5.41, 5.74) is 1.27. The number of allylic oxidation sites excluding steroid dienone is 6. The van der Waals surface area contributed by atoms with Crippen LogP contribution >= 0.6 is 0 Å². The molecule has 1 aliphatic carbocycles. The van der Waals surface area contributed by atoms with Crippen molar-refractivity contribution in [1.29, 1.82) is 0 Å². The fraction of sp³-hybridized carbons (Fsp3) is 0.250. The summed E-state index contributed by atoms with van der Waals surface area (Å²) < 4.78 is 21.3. The second-order valence-corrected chi connectivity index (χ2v) is 1.80. The maximum Gasteiger partial charge on any atom is 0.0276 e. The second kappa shape index (κ2) is 1.99. The summed E-state index contributed by atoms with van der Waals surface area (Å²) in [6, 6.07) is 0. The lowest BCUT2D eigenvalue weighted by molar-refractivity contribution is 1.35. The molecule has 0 heterocycles. The van der Waals surface area contributed by atoms with Crippen molar-refractivity contribution in [1.82, 2.24) is 0 Å². The molecule has 1 rings (SSSR count). The Hall–Kier alpha value is -0.780. The van der Waals surface area contributed by atoms with Gasteiger partial charge in [-0.2, -0.15) is 0 Å². The minimum Gasteiger partial charge on any atom is -0.0692 e. The molecule has 0 aromatic heterocycles. The smallest absolute Gasteiger partial charge is 0.0276 e. The van der Waals surface area contributed by atoms with Crippen molar-refractivity contribution in [3.63, 3.8) is 0 Å². The van der Waals surface area contributed by atoms with Crippen LogP contribution in [0.4, 0.5) is 0 Å². The fourth-order valence-corrected chi connectivity index (χ4v) is 0.624. The van der Waals surface area contributed by atoms with Gasteiger partial charge >= 0.3 is 0 Å². The van der Waals surface area contributed by atoms with Crippen LogP contribution in [0.2, 0.25) is 0 Å². The van der Waals surface area contributed by atoms with Crippen LogP contribution in [0.15, 0.2) is 35.5 Å². The van der Waals surface area contributed by atoms with Crippen molar-refractivity contribution in [3.8, 4) is 0 Å². The highest BCUT2D eigenvalue weighted by Crippen LogP contribution is 2.11. The van der Waals surface area contributed by atoms with E-state index in [1.807, 2.05) is 24.3 Å². The normalized spacial score (nSPS) is 22.6. The van der Waals surface area contributed by atoms with Gasteiger partial charge in [0.1, 0.15) is 0 Å². The van der Waals surface area contributed by atoms with Crippen LogP contribution in [-0.2, 0) is 0 Å². The van der Waals surface area contributed by atoms with Gasteiger partial charge in [0.15, 0.2) is 0 Å². The molecule has 1 aliphatic rings. The van der Waals surface area contributed by atoms with Crippen molar-refractivity contribution in [2.24, 2.45) is 0 Å². The highest BCUT2D eigenvalue weighted by Gasteiger charge is 1.90. The highest BCUT2D eigenvalue weighted by atomic mass is 14.0. The predicted octanol–water partition coefficient (Wildman–Crippen LogP) is 2.45. The van der Waals surface area contributed by atoms with Gasteiger partial charge in [-0.05, 0) is 19.3 Å². The van der Waals surface area contributed by atoms with Gasteiger partial charge in [0.05, 0.1) is 0 Å². The summed E-state index contributed by atoms with van der Waals surface area (Å²) in [4.78, 5) is 0. The van der Waals surface area contributed by atoms with Crippen LogP contribution in [0, 0.1) is 0 Å². The molecule has 0 amide bonds. The van der Waals surface area contributed by atoms with Crippen LogP contribution in [0.1, 0.15) is 17.9 Å². The number of hydrogen-bond acceptors (Lipinski definition) is 0. The maximum atomic E-state index is 7.11. The molecule has 0 unspecified atom stereocenters. The molecule has 0 atom stereocenters. The van der Waals surface area contributed by atoms with E-state index < -0.39 is 6.85 Å². The van der Waals surface area contributed by atoms with Gasteiger partial charge in [-0.3, -0.25) is 0 Å². The summed E-state index contributed by atoms with van der Waals surface area (Å²) in [7, 11) is 0. The molecule has 0 saturated carbocycles. The quantitative estimate of drug-likeness (QED) is 0.448. The summed E-state index contributed by atoms with van der Waals surface area (Å²) in [5, 5.41) is 0. The highest BCUT2D eigenvalue weighted by molar-refractivity contribution is 5.42. The molecule has 0 saturated heterocycles. The molecule has 0 spiro atoms. The lowest BCUT2D eigenvalue weighted by atomic mass is 10.2. The van der Waals surface area contributed by atoms with Gasteiger partial charge in [0.25, 0.3) is 0 Å². The predicted molar refractivity (Wildman–Crippen MR) is 36.7 cm³/mol. The molecular formula is C8H10. The Morgan fingerprint density at radius 1 is 1.50 bits per heavy atom. The first kappa shape index (κ1) is 2.67. The molecule has 0 heteroatoms. The van der Waals surface area contributed by atoms with E-state index in [0.717, 1.165) is 5.57 Å². The van der Waals surface area contributed by atoms with E-state index in [2.05, 4.69) is 0 Å². The summed E-state index contributed by atoms with van der Waals surface area (Å²) >= 11 is 0. The maximum absolute atomic E-state index is 7.11. The molecule has 0 fully saturated rings. The van der Waals surface area contributed by atoms with Gasteiger partial charge < -0.3 is 0 Å². The molecule has 0 N–H and O–H groups in total. The van der Waals surface area contributed by atoms with E-state index in [-0.39, 0.29) is 0 Å². The Morgan fingerprint density at radius 2 is 2.12 bits per heavy atom. The lowest BCUT2D eigenvalue weighted by Gasteiger charge is -1.90. The molecule has 0 radical (unpaired) electrons. The zero-order valence-electron chi connectivity index (χ0n) is 7.81. The minimum atomic E-state index is -1.95. The van der Waals surface area contributed by atoms with Gasteiger partial charge in [-0.1, -0.05) is 29.9 Å². The number of rotatable bonds is 0. The largest absolute Gasteiger partial charge is 0.0692 e. The topological polar surface area (TPSA) is 0 Å². The second-order valence-electron chi connectivity index (χ2n) is 1.80. The zero-order valence-corrected chi connectivity index (χ0v) is 4.81. The Morgan fingerprint density at radius 3 is 2.62 bits per heavy atom. The van der Waals surface area contributed by atoms with Crippen molar-refractivity contribution in [2.45, 2.75) is 13.8 Å². The third-order valence-electron chi connectivity index (χ3n) is 1.10. The first-order chi connectivity index (χ1) is 5.02. The fourth-order valence-electron chi connectivity index (χ4n) is 0.624. The van der Waals surface area contributed by atoms with Crippen molar-refractivity contribution < 1.29 is 4.11 Å². The molecule has 0 aromatic carbocycles. The van der Waals surface area contributed by atoms with Gasteiger partial charge in [-0.15, -0.1) is 0 Å². The summed E-state index contributed by atoms with van der Waals surface area (Å²) in [6.07, 6.45) is 7.29. The van der Waals surface area contributed by atoms with Crippen molar-refractivity contribution in [2.75, 3.05) is 0 Å². The first-order valence-electron chi connectivity index (χ1n) is 4.08. The van der Waals surface area contributed by atoms with Crippen LogP contribution < -0.4 is 0 Å². The third-order valence-corrected chi connectivity index (χ3v) is 1.10. The lowest BCUT2D eigenvalue weighted by Crippen LogP contribution is -1.69. The average molecular weight is 109 g/mol. The van der Waals surface area contributed by atoms with Crippen LogP contribution in [-0.4, -0.2) is 0 Å². The first-order valence-corrected chi connectivity index (χ1v) is 2.58. The van der Waals surface area contributed by atoms with E-state index in [4.69, 9.17) is 4.11 Å². The number of hydrogen-bond donors (Lipinski definition) is 0. The average Bonchev–Trinajstić information content (AvgIpc) is 2.34. The van der Waals surface area contributed by atoms with Crippen LogP contribution in [0.25, 0.3) is 0 Å². The molecular weight excluding hydrogens is 96.1 g/mol. The van der Waals surface area contributed by atoms with Crippen molar-refractivity contribution in [3.05, 3.63) is 35.5 Å². The molecule has 0 bridgehead atoms. The zero-order chi connectivity index (χ0) is 8.48. The van der Waals surface area contributed by atoms with Crippen molar-refractivity contribution >= 4 is 0 Å². The molecule has 42 valence electrons. The van der Waals surface area contributed by atoms with Gasteiger partial charge in [0.2, 0.25) is 0 Å². The standard InChI is InChI=1S/C8H10/c1-7(2)8-5-3-4-6-8/h3-6H,1-2H3/i1D3. The molecule has 8 heavy (non-hydrogen) atoms. The van der Waals surface area contributed by atoms with E-state index >= 15 is 0 Å². The Kier molecular flexibility index (Phi) is 0.666. The Bertz CT molecular complexity index is 227.